The van der Waals surface area contributed by atoms with E-state index in [0.29, 0.717) is 5.92 Å². The first-order valence-electron chi connectivity index (χ1n) is 9.95. The van der Waals surface area contributed by atoms with Crippen LogP contribution in [0.3, 0.4) is 0 Å². The van der Waals surface area contributed by atoms with Gasteiger partial charge in [-0.25, -0.2) is 0 Å². The first-order chi connectivity index (χ1) is 13.4. The molecule has 2 aromatic rings. The molecule has 0 radical (unpaired) electrons. The zero-order chi connectivity index (χ0) is 18.7. The van der Waals surface area contributed by atoms with Crippen molar-refractivity contribution in [2.24, 2.45) is 10.9 Å². The molecule has 144 valence electrons. The van der Waals surface area contributed by atoms with Gasteiger partial charge in [0.2, 0.25) is 0 Å². The van der Waals surface area contributed by atoms with Crippen LogP contribution in [0.4, 0.5) is 0 Å². The highest BCUT2D eigenvalue weighted by molar-refractivity contribution is 5.79. The molecule has 0 spiro atoms. The molecule has 1 saturated heterocycles. The lowest BCUT2D eigenvalue weighted by molar-refractivity contribution is -0.0250. The Balaban J connectivity index is 1.57. The quantitative estimate of drug-likeness (QED) is 0.583. The fourth-order valence-electron chi connectivity index (χ4n) is 3.45. The first-order valence-corrected chi connectivity index (χ1v) is 9.95. The van der Waals surface area contributed by atoms with Gasteiger partial charge in [-0.15, -0.1) is 0 Å². The van der Waals surface area contributed by atoms with Crippen LogP contribution in [0.5, 0.6) is 0 Å². The summed E-state index contributed by atoms with van der Waals surface area (Å²) in [5, 5.41) is 6.76. The van der Waals surface area contributed by atoms with Crippen LogP contribution >= 0.6 is 0 Å². The fraction of sp³-hybridized carbons (Fsp3) is 0.455. The van der Waals surface area contributed by atoms with E-state index in [4.69, 9.17) is 9.73 Å². The van der Waals surface area contributed by atoms with E-state index in [1.54, 1.807) is 0 Å². The van der Waals surface area contributed by atoms with Crippen molar-refractivity contribution < 1.29 is 4.74 Å². The van der Waals surface area contributed by atoms with E-state index in [1.807, 2.05) is 24.4 Å². The van der Waals surface area contributed by atoms with Crippen molar-refractivity contribution in [3.8, 4) is 0 Å². The van der Waals surface area contributed by atoms with Crippen LogP contribution in [-0.4, -0.2) is 37.2 Å². The zero-order valence-corrected chi connectivity index (χ0v) is 16.1. The molecule has 0 saturated carbocycles. The number of nitrogens with zero attached hydrogens (tertiary/aromatic N) is 2. The van der Waals surface area contributed by atoms with Gasteiger partial charge < -0.3 is 15.4 Å². The van der Waals surface area contributed by atoms with Crippen molar-refractivity contribution in [1.82, 2.24) is 15.6 Å². The molecule has 2 heterocycles. The molecule has 0 aliphatic carbocycles. The molecule has 1 aliphatic rings. The maximum absolute atomic E-state index is 6.09. The van der Waals surface area contributed by atoms with Gasteiger partial charge in [0.1, 0.15) is 0 Å². The molecule has 2 unspecified atom stereocenters. The number of guanidine groups is 1. The minimum atomic E-state index is 0.139. The average molecular weight is 367 g/mol. The molecule has 0 bridgehead atoms. The maximum atomic E-state index is 6.09. The Labute approximate surface area is 162 Å². The van der Waals surface area contributed by atoms with Crippen LogP contribution in [0.1, 0.15) is 37.1 Å². The number of ether oxygens (including phenoxy) is 1. The van der Waals surface area contributed by atoms with Gasteiger partial charge in [-0.05, 0) is 37.5 Å². The summed E-state index contributed by atoms with van der Waals surface area (Å²) in [5.74, 6) is 1.28. The van der Waals surface area contributed by atoms with Crippen molar-refractivity contribution in [3.05, 3.63) is 66.0 Å². The third-order valence-electron chi connectivity index (χ3n) is 4.80. The number of rotatable bonds is 7. The van der Waals surface area contributed by atoms with Crippen LogP contribution in [0, 0.1) is 5.92 Å². The summed E-state index contributed by atoms with van der Waals surface area (Å²) in [7, 11) is 0. The van der Waals surface area contributed by atoms with Gasteiger partial charge >= 0.3 is 0 Å². The number of pyridine rings is 1. The van der Waals surface area contributed by atoms with Gasteiger partial charge in [-0.3, -0.25) is 9.98 Å². The second kappa shape index (κ2) is 10.7. The molecule has 1 aromatic carbocycles. The van der Waals surface area contributed by atoms with Gasteiger partial charge in [-0.1, -0.05) is 36.4 Å². The summed E-state index contributed by atoms with van der Waals surface area (Å²) in [6.45, 7) is 5.35. The molecule has 0 amide bonds. The van der Waals surface area contributed by atoms with Gasteiger partial charge in [-0.2, -0.15) is 0 Å². The number of hydrogen-bond donors (Lipinski definition) is 2. The van der Waals surface area contributed by atoms with E-state index in [1.165, 1.54) is 5.56 Å². The minimum Gasteiger partial charge on any atom is -0.373 e. The summed E-state index contributed by atoms with van der Waals surface area (Å²) in [4.78, 5) is 9.21. The van der Waals surface area contributed by atoms with Crippen molar-refractivity contribution >= 4 is 5.96 Å². The zero-order valence-electron chi connectivity index (χ0n) is 16.1. The fourth-order valence-corrected chi connectivity index (χ4v) is 3.45. The lowest BCUT2D eigenvalue weighted by atomic mass is 9.89. The highest BCUT2D eigenvalue weighted by Gasteiger charge is 2.27. The average Bonchev–Trinajstić information content (AvgIpc) is 2.74. The molecule has 2 atom stereocenters. The Morgan fingerprint density at radius 3 is 2.78 bits per heavy atom. The third kappa shape index (κ3) is 6.07. The SMILES string of the molecule is CCNC(=NCC1CCCOC1c1ccccc1)NCCc1ccccn1. The van der Waals surface area contributed by atoms with E-state index >= 15 is 0 Å². The number of nitrogens with one attached hydrogen (secondary N) is 2. The maximum Gasteiger partial charge on any atom is 0.191 e. The Morgan fingerprint density at radius 2 is 2.00 bits per heavy atom. The van der Waals surface area contributed by atoms with E-state index in [-0.39, 0.29) is 6.10 Å². The van der Waals surface area contributed by atoms with Crippen LogP contribution in [0.25, 0.3) is 0 Å². The molecule has 1 aromatic heterocycles. The Bertz CT molecular complexity index is 690. The minimum absolute atomic E-state index is 0.139. The molecule has 5 heteroatoms. The molecule has 1 fully saturated rings. The van der Waals surface area contributed by atoms with Crippen LogP contribution < -0.4 is 10.6 Å². The van der Waals surface area contributed by atoms with Gasteiger partial charge in [0, 0.05) is 50.5 Å². The highest BCUT2D eigenvalue weighted by Crippen LogP contribution is 2.33. The molecule has 5 nitrogen and oxygen atoms in total. The summed E-state index contributed by atoms with van der Waals surface area (Å²) < 4.78 is 6.09. The van der Waals surface area contributed by atoms with Crippen LogP contribution in [0.2, 0.25) is 0 Å². The third-order valence-corrected chi connectivity index (χ3v) is 4.80. The lowest BCUT2D eigenvalue weighted by Crippen LogP contribution is -2.39. The topological polar surface area (TPSA) is 58.5 Å². The second-order valence-electron chi connectivity index (χ2n) is 6.82. The standard InChI is InChI=1S/C22H30N4O/c1-2-23-22(25-15-13-20-12-6-7-14-24-20)26-17-19-11-8-16-27-21(19)18-9-4-3-5-10-18/h3-7,9-10,12,14,19,21H,2,8,11,13,15-17H2,1H3,(H2,23,25,26). The van der Waals surface area contributed by atoms with Crippen molar-refractivity contribution in [2.45, 2.75) is 32.3 Å². The predicted molar refractivity (Wildman–Crippen MR) is 110 cm³/mol. The van der Waals surface area contributed by atoms with Crippen molar-refractivity contribution in [2.75, 3.05) is 26.2 Å². The summed E-state index contributed by atoms with van der Waals surface area (Å²) in [5.41, 5.74) is 2.34. The van der Waals surface area contributed by atoms with Crippen LogP contribution in [-0.2, 0) is 11.2 Å². The molecular formula is C22H30N4O. The van der Waals surface area contributed by atoms with E-state index in [9.17, 15) is 0 Å². The number of aromatic nitrogens is 1. The molecule has 3 rings (SSSR count). The first kappa shape index (κ1) is 19.4. The summed E-state index contributed by atoms with van der Waals surface area (Å²) >= 11 is 0. The van der Waals surface area contributed by atoms with Crippen molar-refractivity contribution in [3.63, 3.8) is 0 Å². The molecule has 27 heavy (non-hydrogen) atoms. The normalized spacial score (nSPS) is 20.3. The Kier molecular flexibility index (Phi) is 7.66. The largest absolute Gasteiger partial charge is 0.373 e. The number of hydrogen-bond acceptors (Lipinski definition) is 3. The van der Waals surface area contributed by atoms with Crippen molar-refractivity contribution in [1.29, 1.82) is 0 Å². The molecule has 1 aliphatic heterocycles. The predicted octanol–water partition coefficient (Wildman–Crippen LogP) is 3.35. The highest BCUT2D eigenvalue weighted by atomic mass is 16.5. The Hall–Kier alpha value is -2.40. The van der Waals surface area contributed by atoms with Gasteiger partial charge in [0.05, 0.1) is 6.10 Å². The van der Waals surface area contributed by atoms with Gasteiger partial charge in [0.25, 0.3) is 0 Å². The number of benzene rings is 1. The summed E-state index contributed by atoms with van der Waals surface area (Å²) in [6, 6.07) is 16.5. The summed E-state index contributed by atoms with van der Waals surface area (Å²) in [6.07, 6.45) is 5.11. The van der Waals surface area contributed by atoms with E-state index in [2.05, 4.69) is 52.9 Å². The lowest BCUT2D eigenvalue weighted by Gasteiger charge is -2.31. The van der Waals surface area contributed by atoms with Crippen LogP contribution in [0.15, 0.2) is 59.7 Å². The van der Waals surface area contributed by atoms with Gasteiger partial charge in [0.15, 0.2) is 5.96 Å². The monoisotopic (exact) mass is 366 g/mol. The van der Waals surface area contributed by atoms with E-state index in [0.717, 1.165) is 57.2 Å². The number of aliphatic imine (C=N–C) groups is 1. The van der Waals surface area contributed by atoms with E-state index < -0.39 is 0 Å². The Morgan fingerprint density at radius 1 is 1.15 bits per heavy atom. The molecular weight excluding hydrogens is 336 g/mol. The smallest absolute Gasteiger partial charge is 0.191 e. The molecule has 2 N–H and O–H groups in total. The second-order valence-corrected chi connectivity index (χ2v) is 6.82.